The molecule has 0 fully saturated rings. The summed E-state index contributed by atoms with van der Waals surface area (Å²) < 4.78 is 28.4. The van der Waals surface area contributed by atoms with E-state index >= 15 is 0 Å². The van der Waals surface area contributed by atoms with Crippen LogP contribution in [0.4, 0.5) is 6.01 Å². The molecule has 0 bridgehead atoms. The molecule has 176 valence electrons. The van der Waals surface area contributed by atoms with Gasteiger partial charge in [0.25, 0.3) is 5.91 Å². The van der Waals surface area contributed by atoms with Crippen LogP contribution < -0.4 is 24.3 Å². The number of hydrogen-bond donors (Lipinski definition) is 1. The third kappa shape index (κ3) is 6.15. The molecule has 0 aliphatic carbocycles. The minimum atomic E-state index is -0.377. The summed E-state index contributed by atoms with van der Waals surface area (Å²) in [5, 5.41) is 10.6. The lowest BCUT2D eigenvalue weighted by Crippen LogP contribution is -2.12. The van der Waals surface area contributed by atoms with Gasteiger partial charge in [0.1, 0.15) is 5.75 Å². The Bertz CT molecular complexity index is 1040. The third-order valence-electron chi connectivity index (χ3n) is 4.29. The van der Waals surface area contributed by atoms with Gasteiger partial charge in [-0.2, -0.15) is 0 Å². The highest BCUT2D eigenvalue weighted by atomic mass is 16.5. The van der Waals surface area contributed by atoms with Crippen molar-refractivity contribution in [2.24, 2.45) is 0 Å². The van der Waals surface area contributed by atoms with Crippen LogP contribution >= 0.6 is 0 Å². The Hall–Kier alpha value is -3.75. The van der Waals surface area contributed by atoms with E-state index in [0.29, 0.717) is 53.9 Å². The molecule has 1 amide bonds. The number of aromatic nitrogens is 2. The molecule has 0 spiro atoms. The molecular formula is C24H29N3O6. The fraction of sp³-hybridized carbons (Fsp3) is 0.375. The molecule has 9 heteroatoms. The smallest absolute Gasteiger partial charge is 0.322 e. The summed E-state index contributed by atoms with van der Waals surface area (Å²) in [6.45, 7) is 10.9. The van der Waals surface area contributed by atoms with Crippen molar-refractivity contribution in [2.75, 3.05) is 25.1 Å². The Morgan fingerprint density at radius 1 is 0.939 bits per heavy atom. The molecule has 1 N–H and O–H groups in total. The van der Waals surface area contributed by atoms with E-state index in [0.717, 1.165) is 0 Å². The van der Waals surface area contributed by atoms with Crippen molar-refractivity contribution in [3.8, 4) is 34.5 Å². The highest BCUT2D eigenvalue weighted by Crippen LogP contribution is 2.41. The monoisotopic (exact) mass is 455 g/mol. The standard InChI is InChI=1S/C24H29N3O6/c1-6-29-19-13-17(14-20(30-7-2)21(19)31-8-3)23-26-27-24(33-23)25-22(28)16-9-11-18(12-10-16)32-15(4)5/h9-15H,6-8H2,1-5H3,(H,25,27,28). The van der Waals surface area contributed by atoms with Crippen molar-refractivity contribution in [2.45, 2.75) is 40.7 Å². The van der Waals surface area contributed by atoms with E-state index in [1.807, 2.05) is 34.6 Å². The number of rotatable bonds is 11. The third-order valence-corrected chi connectivity index (χ3v) is 4.29. The van der Waals surface area contributed by atoms with Crippen LogP contribution in [0.1, 0.15) is 45.0 Å². The lowest BCUT2D eigenvalue weighted by molar-refractivity contribution is 0.102. The second kappa shape index (κ2) is 11.2. The van der Waals surface area contributed by atoms with Crippen molar-refractivity contribution < 1.29 is 28.2 Å². The van der Waals surface area contributed by atoms with E-state index in [1.165, 1.54) is 0 Å². The SMILES string of the molecule is CCOc1cc(-c2nnc(NC(=O)c3ccc(OC(C)C)cc3)o2)cc(OCC)c1OCC. The first-order chi connectivity index (χ1) is 15.9. The predicted octanol–water partition coefficient (Wildman–Crippen LogP) is 4.97. The van der Waals surface area contributed by atoms with Gasteiger partial charge in [0.05, 0.1) is 25.9 Å². The Balaban J connectivity index is 1.80. The average Bonchev–Trinajstić information content (AvgIpc) is 3.24. The Labute approximate surface area is 193 Å². The molecule has 0 unspecified atom stereocenters. The second-order valence-electron chi connectivity index (χ2n) is 7.16. The highest BCUT2D eigenvalue weighted by Gasteiger charge is 2.19. The number of ether oxygens (including phenoxy) is 4. The number of amides is 1. The lowest BCUT2D eigenvalue weighted by atomic mass is 10.2. The maximum atomic E-state index is 12.6. The molecule has 2 aromatic carbocycles. The number of carbonyl (C=O) groups excluding carboxylic acids is 1. The first kappa shape index (κ1) is 23.9. The van der Waals surface area contributed by atoms with Gasteiger partial charge < -0.3 is 23.4 Å². The van der Waals surface area contributed by atoms with Gasteiger partial charge >= 0.3 is 6.01 Å². The molecule has 0 aliphatic heterocycles. The van der Waals surface area contributed by atoms with E-state index in [2.05, 4.69) is 15.5 Å². The Morgan fingerprint density at radius 2 is 1.55 bits per heavy atom. The summed E-state index contributed by atoms with van der Waals surface area (Å²) in [6.07, 6.45) is 0.0515. The summed E-state index contributed by atoms with van der Waals surface area (Å²) in [7, 11) is 0. The van der Waals surface area contributed by atoms with Crippen LogP contribution in [-0.4, -0.2) is 42.0 Å². The lowest BCUT2D eigenvalue weighted by Gasteiger charge is -2.16. The molecule has 1 heterocycles. The summed E-state index contributed by atoms with van der Waals surface area (Å²) in [5.41, 5.74) is 1.01. The second-order valence-corrected chi connectivity index (χ2v) is 7.16. The largest absolute Gasteiger partial charge is 0.491 e. The maximum absolute atomic E-state index is 12.6. The zero-order valence-electron chi connectivity index (χ0n) is 19.5. The highest BCUT2D eigenvalue weighted by molar-refractivity contribution is 6.03. The van der Waals surface area contributed by atoms with E-state index in [9.17, 15) is 4.79 Å². The average molecular weight is 456 g/mol. The van der Waals surface area contributed by atoms with Crippen LogP contribution in [0.5, 0.6) is 23.0 Å². The molecular weight excluding hydrogens is 426 g/mol. The number of benzene rings is 2. The number of anilines is 1. The number of nitrogens with one attached hydrogen (secondary N) is 1. The van der Waals surface area contributed by atoms with Gasteiger partial charge in [-0.05, 0) is 71.0 Å². The van der Waals surface area contributed by atoms with Crippen LogP contribution in [0.2, 0.25) is 0 Å². The van der Waals surface area contributed by atoms with E-state index in [1.54, 1.807) is 36.4 Å². The molecule has 0 aliphatic rings. The summed E-state index contributed by atoms with van der Waals surface area (Å²) >= 11 is 0. The molecule has 3 rings (SSSR count). The zero-order valence-corrected chi connectivity index (χ0v) is 19.5. The first-order valence-corrected chi connectivity index (χ1v) is 10.9. The van der Waals surface area contributed by atoms with Gasteiger partial charge in [0.15, 0.2) is 11.5 Å². The zero-order chi connectivity index (χ0) is 23.8. The van der Waals surface area contributed by atoms with Crippen molar-refractivity contribution in [1.82, 2.24) is 10.2 Å². The molecule has 0 saturated carbocycles. The molecule has 0 radical (unpaired) electrons. The van der Waals surface area contributed by atoms with Crippen LogP contribution in [0.3, 0.4) is 0 Å². The van der Waals surface area contributed by atoms with Crippen LogP contribution in [0.15, 0.2) is 40.8 Å². The molecule has 0 atom stereocenters. The van der Waals surface area contributed by atoms with Gasteiger partial charge in [-0.25, -0.2) is 0 Å². The van der Waals surface area contributed by atoms with Crippen molar-refractivity contribution in [1.29, 1.82) is 0 Å². The van der Waals surface area contributed by atoms with Gasteiger partial charge in [0.2, 0.25) is 11.6 Å². The Kier molecular flexibility index (Phi) is 8.12. The molecule has 3 aromatic rings. The molecule has 9 nitrogen and oxygen atoms in total. The van der Waals surface area contributed by atoms with Crippen molar-refractivity contribution in [3.05, 3.63) is 42.0 Å². The van der Waals surface area contributed by atoms with Crippen LogP contribution in [-0.2, 0) is 0 Å². The molecule has 33 heavy (non-hydrogen) atoms. The maximum Gasteiger partial charge on any atom is 0.322 e. The number of carbonyl (C=O) groups is 1. The fourth-order valence-corrected chi connectivity index (χ4v) is 3.03. The minimum Gasteiger partial charge on any atom is -0.491 e. The van der Waals surface area contributed by atoms with E-state index < -0.39 is 0 Å². The van der Waals surface area contributed by atoms with Crippen LogP contribution in [0, 0.1) is 0 Å². The van der Waals surface area contributed by atoms with Crippen LogP contribution in [0.25, 0.3) is 11.5 Å². The summed E-state index contributed by atoms with van der Waals surface area (Å²) in [4.78, 5) is 12.6. The normalized spacial score (nSPS) is 10.7. The van der Waals surface area contributed by atoms with Crippen molar-refractivity contribution >= 4 is 11.9 Å². The predicted molar refractivity (Wildman–Crippen MR) is 123 cm³/mol. The number of nitrogens with zero attached hydrogens (tertiary/aromatic N) is 2. The number of hydrogen-bond acceptors (Lipinski definition) is 8. The van der Waals surface area contributed by atoms with Gasteiger partial charge in [-0.15, -0.1) is 5.10 Å². The van der Waals surface area contributed by atoms with Gasteiger partial charge in [-0.3, -0.25) is 10.1 Å². The fourth-order valence-electron chi connectivity index (χ4n) is 3.03. The topological polar surface area (TPSA) is 105 Å². The summed E-state index contributed by atoms with van der Waals surface area (Å²) in [5.74, 6) is 2.05. The van der Waals surface area contributed by atoms with Crippen molar-refractivity contribution in [3.63, 3.8) is 0 Å². The van der Waals surface area contributed by atoms with Gasteiger partial charge in [-0.1, -0.05) is 5.10 Å². The quantitative estimate of drug-likeness (QED) is 0.432. The first-order valence-electron chi connectivity index (χ1n) is 10.9. The Morgan fingerprint density at radius 3 is 2.09 bits per heavy atom. The van der Waals surface area contributed by atoms with Gasteiger partial charge in [0, 0.05) is 11.1 Å². The van der Waals surface area contributed by atoms with E-state index in [4.69, 9.17) is 23.4 Å². The van der Waals surface area contributed by atoms with E-state index in [-0.39, 0.29) is 23.9 Å². The minimum absolute atomic E-state index is 0.0256. The molecule has 1 aromatic heterocycles. The summed E-state index contributed by atoms with van der Waals surface area (Å²) in [6, 6.07) is 10.3. The molecule has 0 saturated heterocycles.